The van der Waals surface area contributed by atoms with Crippen molar-refractivity contribution in [3.63, 3.8) is 0 Å². The van der Waals surface area contributed by atoms with Crippen LogP contribution in [0.25, 0.3) is 0 Å². The van der Waals surface area contributed by atoms with Gasteiger partial charge in [0.25, 0.3) is 5.91 Å². The lowest BCUT2D eigenvalue weighted by molar-refractivity contribution is -0.385. The Morgan fingerprint density at radius 2 is 1.86 bits per heavy atom. The third kappa shape index (κ3) is 4.75. The molecule has 0 radical (unpaired) electrons. The van der Waals surface area contributed by atoms with Crippen LogP contribution >= 0.6 is 11.3 Å². The maximum Gasteiger partial charge on any atom is 0.310 e. The molecule has 144 valence electrons. The number of thiophene rings is 1. The Morgan fingerprint density at radius 1 is 1.14 bits per heavy atom. The molecule has 0 fully saturated rings. The van der Waals surface area contributed by atoms with Crippen molar-refractivity contribution in [3.8, 4) is 5.75 Å². The first-order valence-corrected chi connectivity index (χ1v) is 9.59. The first kappa shape index (κ1) is 19.6. The molecule has 0 saturated carbocycles. The Morgan fingerprint density at radius 3 is 2.50 bits per heavy atom. The number of hydrogen-bond acceptors (Lipinski definition) is 5. The second kappa shape index (κ2) is 8.67. The predicted octanol–water partition coefficient (Wildman–Crippen LogP) is 4.56. The summed E-state index contributed by atoms with van der Waals surface area (Å²) in [7, 11) is 0. The van der Waals surface area contributed by atoms with Gasteiger partial charge in [-0.1, -0.05) is 42.0 Å². The summed E-state index contributed by atoms with van der Waals surface area (Å²) in [6.07, 6.45) is 0. The number of rotatable bonds is 7. The van der Waals surface area contributed by atoms with E-state index >= 15 is 0 Å². The van der Waals surface area contributed by atoms with Gasteiger partial charge in [-0.05, 0) is 42.5 Å². The van der Waals surface area contributed by atoms with E-state index in [9.17, 15) is 14.9 Å². The molecule has 0 aliphatic rings. The summed E-state index contributed by atoms with van der Waals surface area (Å²) in [6.45, 7) is 3.50. The lowest BCUT2D eigenvalue weighted by Gasteiger charge is -2.18. The average molecular weight is 396 g/mol. The van der Waals surface area contributed by atoms with Gasteiger partial charge in [0.15, 0.2) is 12.4 Å². The maximum absolute atomic E-state index is 12.5. The number of nitro groups is 1. The SMILES string of the molecule is Cc1ccc(C(NC(=O)COc2cc(C)ccc2[N+](=O)[O-])c2cccs2)cc1. The first-order valence-electron chi connectivity index (χ1n) is 8.71. The Balaban J connectivity index is 1.74. The molecule has 1 atom stereocenters. The quantitative estimate of drug-likeness (QED) is 0.469. The number of hydrogen-bond donors (Lipinski definition) is 1. The number of nitrogens with one attached hydrogen (secondary N) is 1. The van der Waals surface area contributed by atoms with Gasteiger partial charge in [0.1, 0.15) is 0 Å². The first-order chi connectivity index (χ1) is 13.4. The predicted molar refractivity (Wildman–Crippen MR) is 109 cm³/mol. The molecule has 3 rings (SSSR count). The minimum atomic E-state index is -0.520. The molecule has 1 unspecified atom stereocenters. The van der Waals surface area contributed by atoms with Gasteiger partial charge in [-0.15, -0.1) is 11.3 Å². The van der Waals surface area contributed by atoms with Crippen molar-refractivity contribution in [1.29, 1.82) is 0 Å². The fourth-order valence-corrected chi connectivity index (χ4v) is 3.57. The van der Waals surface area contributed by atoms with E-state index in [0.29, 0.717) is 0 Å². The smallest absolute Gasteiger partial charge is 0.310 e. The van der Waals surface area contributed by atoms with E-state index in [0.717, 1.165) is 21.6 Å². The van der Waals surface area contributed by atoms with Crippen LogP contribution in [0, 0.1) is 24.0 Å². The molecule has 0 aliphatic carbocycles. The number of ether oxygens (including phenoxy) is 1. The summed E-state index contributed by atoms with van der Waals surface area (Å²) >= 11 is 1.55. The van der Waals surface area contributed by atoms with E-state index in [-0.39, 0.29) is 30.0 Å². The molecule has 7 heteroatoms. The molecular weight excluding hydrogens is 376 g/mol. The van der Waals surface area contributed by atoms with Crippen molar-refractivity contribution in [1.82, 2.24) is 5.32 Å². The number of carbonyl (C=O) groups is 1. The molecule has 1 amide bonds. The Hall–Kier alpha value is -3.19. The second-order valence-electron chi connectivity index (χ2n) is 6.44. The van der Waals surface area contributed by atoms with E-state index < -0.39 is 4.92 Å². The lowest BCUT2D eigenvalue weighted by atomic mass is 10.0. The summed E-state index contributed by atoms with van der Waals surface area (Å²) in [6, 6.07) is 16.1. The molecule has 2 aromatic carbocycles. The molecule has 28 heavy (non-hydrogen) atoms. The molecule has 0 spiro atoms. The number of carbonyl (C=O) groups excluding carboxylic acids is 1. The Kier molecular flexibility index (Phi) is 6.06. The standard InChI is InChI=1S/C21H20N2O4S/c1-14-5-8-16(9-6-14)21(19-4-3-11-28-19)22-20(24)13-27-18-12-15(2)7-10-17(18)23(25)26/h3-12,21H,13H2,1-2H3,(H,22,24). The topological polar surface area (TPSA) is 81.5 Å². The summed E-state index contributed by atoms with van der Waals surface area (Å²) in [4.78, 5) is 24.2. The number of amides is 1. The highest BCUT2D eigenvalue weighted by Crippen LogP contribution is 2.28. The van der Waals surface area contributed by atoms with Crippen LogP contribution in [0.5, 0.6) is 5.75 Å². The molecule has 0 aliphatic heterocycles. The van der Waals surface area contributed by atoms with Gasteiger partial charge in [-0.25, -0.2) is 0 Å². The molecule has 0 saturated heterocycles. The van der Waals surface area contributed by atoms with Gasteiger partial charge in [0.2, 0.25) is 0 Å². The van der Waals surface area contributed by atoms with Gasteiger partial charge in [-0.3, -0.25) is 14.9 Å². The van der Waals surface area contributed by atoms with E-state index in [4.69, 9.17) is 4.74 Å². The monoisotopic (exact) mass is 396 g/mol. The van der Waals surface area contributed by atoms with E-state index in [2.05, 4.69) is 5.32 Å². The fraction of sp³-hybridized carbons (Fsp3) is 0.190. The second-order valence-corrected chi connectivity index (χ2v) is 7.42. The van der Waals surface area contributed by atoms with Gasteiger partial charge < -0.3 is 10.1 Å². The zero-order valence-electron chi connectivity index (χ0n) is 15.5. The van der Waals surface area contributed by atoms with Crippen LogP contribution in [0.1, 0.15) is 27.6 Å². The van der Waals surface area contributed by atoms with Crippen molar-refractivity contribution in [3.05, 3.63) is 91.7 Å². The minimum Gasteiger partial charge on any atom is -0.477 e. The molecule has 0 bridgehead atoms. The average Bonchev–Trinajstić information content (AvgIpc) is 3.19. The highest BCUT2D eigenvalue weighted by atomic mass is 32.1. The highest BCUT2D eigenvalue weighted by molar-refractivity contribution is 7.10. The molecular formula is C21H20N2O4S. The van der Waals surface area contributed by atoms with E-state index in [1.807, 2.05) is 48.7 Å². The number of nitrogens with zero attached hydrogens (tertiary/aromatic N) is 1. The summed E-state index contributed by atoms with van der Waals surface area (Å²) in [5.74, 6) is -0.266. The van der Waals surface area contributed by atoms with Crippen LogP contribution in [0.15, 0.2) is 60.0 Å². The maximum atomic E-state index is 12.5. The van der Waals surface area contributed by atoms with Crippen LogP contribution in [0.2, 0.25) is 0 Å². The van der Waals surface area contributed by atoms with Crippen LogP contribution in [-0.2, 0) is 4.79 Å². The molecule has 6 nitrogen and oxygen atoms in total. The van der Waals surface area contributed by atoms with Crippen molar-refractivity contribution in [2.75, 3.05) is 6.61 Å². The normalized spacial score (nSPS) is 11.6. The summed E-state index contributed by atoms with van der Waals surface area (Å²) < 4.78 is 5.46. The highest BCUT2D eigenvalue weighted by Gasteiger charge is 2.20. The minimum absolute atomic E-state index is 0.0863. The summed E-state index contributed by atoms with van der Waals surface area (Å²) in [5, 5.41) is 16.1. The molecule has 1 aromatic heterocycles. The van der Waals surface area contributed by atoms with E-state index in [1.165, 1.54) is 6.07 Å². The van der Waals surface area contributed by atoms with Gasteiger partial charge >= 0.3 is 5.69 Å². The molecule has 1 heterocycles. The van der Waals surface area contributed by atoms with E-state index in [1.54, 1.807) is 30.4 Å². The van der Waals surface area contributed by atoms with Gasteiger partial charge in [0, 0.05) is 10.9 Å². The third-order valence-corrected chi connectivity index (χ3v) is 5.15. The van der Waals surface area contributed by atoms with Crippen molar-refractivity contribution < 1.29 is 14.5 Å². The van der Waals surface area contributed by atoms with Crippen LogP contribution in [-0.4, -0.2) is 17.4 Å². The van der Waals surface area contributed by atoms with Crippen LogP contribution < -0.4 is 10.1 Å². The van der Waals surface area contributed by atoms with Gasteiger partial charge in [-0.2, -0.15) is 0 Å². The zero-order valence-corrected chi connectivity index (χ0v) is 16.4. The Labute approximate surface area is 166 Å². The van der Waals surface area contributed by atoms with Crippen LogP contribution in [0.4, 0.5) is 5.69 Å². The lowest BCUT2D eigenvalue weighted by Crippen LogP contribution is -2.33. The molecule has 1 N–H and O–H groups in total. The fourth-order valence-electron chi connectivity index (χ4n) is 2.77. The van der Waals surface area contributed by atoms with Gasteiger partial charge in [0.05, 0.1) is 11.0 Å². The van der Waals surface area contributed by atoms with Crippen molar-refractivity contribution in [2.45, 2.75) is 19.9 Å². The van der Waals surface area contributed by atoms with Crippen molar-refractivity contribution >= 4 is 22.9 Å². The summed E-state index contributed by atoms with van der Waals surface area (Å²) in [5.41, 5.74) is 2.75. The number of aryl methyl sites for hydroxylation is 2. The van der Waals surface area contributed by atoms with Crippen LogP contribution in [0.3, 0.4) is 0 Å². The number of benzene rings is 2. The Bertz CT molecular complexity index is 969. The zero-order chi connectivity index (χ0) is 20.1. The number of nitro benzene ring substituents is 1. The largest absolute Gasteiger partial charge is 0.477 e. The third-order valence-electron chi connectivity index (χ3n) is 4.21. The van der Waals surface area contributed by atoms with Crippen molar-refractivity contribution in [2.24, 2.45) is 0 Å². The molecule has 3 aromatic rings.